The van der Waals surface area contributed by atoms with Crippen LogP contribution in [-0.2, 0) is 11.2 Å². The van der Waals surface area contributed by atoms with Gasteiger partial charge in [0.05, 0.1) is 0 Å². The Hall–Kier alpha value is -1.36. The number of nitrogens with zero attached hydrogens (tertiary/aromatic N) is 2. The Kier molecular flexibility index (Phi) is 8.71. The van der Waals surface area contributed by atoms with Gasteiger partial charge >= 0.3 is 0 Å². The van der Waals surface area contributed by atoms with Crippen LogP contribution in [0.1, 0.15) is 45.4 Å². The first kappa shape index (κ1) is 16.7. The lowest BCUT2D eigenvalue weighted by atomic mass is 10.3. The molecule has 0 saturated carbocycles. The van der Waals surface area contributed by atoms with Gasteiger partial charge in [-0.15, -0.1) is 0 Å². The number of aryl methyl sites for hydroxylation is 1. The minimum absolute atomic E-state index is 0.804. The van der Waals surface area contributed by atoms with Crippen molar-refractivity contribution in [2.75, 3.05) is 37.4 Å². The van der Waals surface area contributed by atoms with Gasteiger partial charge in [-0.05, 0) is 19.3 Å². The van der Waals surface area contributed by atoms with E-state index < -0.39 is 0 Å². The third-order valence-corrected chi connectivity index (χ3v) is 2.92. The molecule has 0 radical (unpaired) electrons. The molecule has 0 aliphatic rings. The van der Waals surface area contributed by atoms with Crippen LogP contribution in [0.4, 0.5) is 11.6 Å². The number of anilines is 2. The molecule has 1 rings (SSSR count). The third-order valence-electron chi connectivity index (χ3n) is 2.92. The van der Waals surface area contributed by atoms with Crippen molar-refractivity contribution in [3.63, 3.8) is 0 Å². The van der Waals surface area contributed by atoms with Gasteiger partial charge in [0, 0.05) is 39.3 Å². The molecule has 0 aromatic carbocycles. The molecular formula is C15H28N4O. The lowest BCUT2D eigenvalue weighted by molar-refractivity contribution is 0.131. The van der Waals surface area contributed by atoms with E-state index in [1.807, 2.05) is 13.1 Å². The first-order chi connectivity index (χ1) is 9.80. The molecule has 0 aliphatic heterocycles. The normalized spacial score (nSPS) is 10.6. The molecule has 2 N–H and O–H groups in total. The van der Waals surface area contributed by atoms with Crippen molar-refractivity contribution in [2.45, 2.75) is 46.0 Å². The maximum atomic E-state index is 5.53. The number of ether oxygens (including phenoxy) is 1. The molecule has 1 heterocycles. The molecule has 1 aromatic heterocycles. The molecule has 0 aliphatic carbocycles. The molecule has 0 spiro atoms. The summed E-state index contributed by atoms with van der Waals surface area (Å²) in [6, 6.07) is 1.94. The average Bonchev–Trinajstić information content (AvgIpc) is 2.46. The fraction of sp³-hybridized carbons (Fsp3) is 0.733. The van der Waals surface area contributed by atoms with Crippen LogP contribution in [0.3, 0.4) is 0 Å². The van der Waals surface area contributed by atoms with Crippen LogP contribution in [-0.4, -0.2) is 36.8 Å². The molecule has 0 fully saturated rings. The summed E-state index contributed by atoms with van der Waals surface area (Å²) in [6.45, 7) is 6.86. The van der Waals surface area contributed by atoms with Crippen molar-refractivity contribution in [3.8, 4) is 0 Å². The smallest absolute Gasteiger partial charge is 0.133 e. The summed E-state index contributed by atoms with van der Waals surface area (Å²) in [5.41, 5.74) is 0. The summed E-state index contributed by atoms with van der Waals surface area (Å²) < 4.78 is 5.53. The largest absolute Gasteiger partial charge is 0.381 e. The third kappa shape index (κ3) is 6.70. The Labute approximate surface area is 122 Å². The average molecular weight is 280 g/mol. The molecule has 20 heavy (non-hydrogen) atoms. The predicted octanol–water partition coefficient (Wildman–Crippen LogP) is 3.09. The van der Waals surface area contributed by atoms with E-state index in [0.29, 0.717) is 0 Å². The molecule has 114 valence electrons. The number of nitrogens with one attached hydrogen (secondary N) is 2. The van der Waals surface area contributed by atoms with Crippen LogP contribution < -0.4 is 10.6 Å². The van der Waals surface area contributed by atoms with Crippen LogP contribution in [0.15, 0.2) is 6.07 Å². The van der Waals surface area contributed by atoms with Gasteiger partial charge in [0.25, 0.3) is 0 Å². The summed E-state index contributed by atoms with van der Waals surface area (Å²) >= 11 is 0. The Bertz CT molecular complexity index is 371. The van der Waals surface area contributed by atoms with E-state index in [9.17, 15) is 0 Å². The summed E-state index contributed by atoms with van der Waals surface area (Å²) in [5, 5.41) is 6.41. The number of unbranched alkanes of at least 4 members (excludes halogenated alkanes) is 1. The Morgan fingerprint density at radius 1 is 1.05 bits per heavy atom. The zero-order valence-electron chi connectivity index (χ0n) is 13.0. The van der Waals surface area contributed by atoms with Gasteiger partial charge in [-0.2, -0.15) is 0 Å². The summed E-state index contributed by atoms with van der Waals surface area (Å²) in [4.78, 5) is 8.95. The van der Waals surface area contributed by atoms with Crippen molar-refractivity contribution < 1.29 is 4.74 Å². The Morgan fingerprint density at radius 3 is 2.50 bits per heavy atom. The van der Waals surface area contributed by atoms with Crippen molar-refractivity contribution in [1.82, 2.24) is 9.97 Å². The molecule has 1 aromatic rings. The number of rotatable bonds is 11. The van der Waals surface area contributed by atoms with E-state index in [-0.39, 0.29) is 0 Å². The number of aromatic nitrogens is 2. The van der Waals surface area contributed by atoms with E-state index in [1.165, 1.54) is 6.42 Å². The van der Waals surface area contributed by atoms with Gasteiger partial charge in [0.1, 0.15) is 17.5 Å². The highest BCUT2D eigenvalue weighted by molar-refractivity contribution is 5.47. The van der Waals surface area contributed by atoms with E-state index in [0.717, 1.165) is 62.9 Å². The van der Waals surface area contributed by atoms with Gasteiger partial charge in [-0.3, -0.25) is 0 Å². The minimum atomic E-state index is 0.804. The monoisotopic (exact) mass is 280 g/mol. The van der Waals surface area contributed by atoms with E-state index >= 15 is 0 Å². The van der Waals surface area contributed by atoms with Gasteiger partial charge in [-0.25, -0.2) is 9.97 Å². The van der Waals surface area contributed by atoms with Crippen molar-refractivity contribution in [3.05, 3.63) is 11.9 Å². The second kappa shape index (κ2) is 10.4. The number of hydrogen-bond donors (Lipinski definition) is 2. The SMILES string of the molecule is CCCCOCCCNc1cc(NC)nc(CCC)n1. The van der Waals surface area contributed by atoms with Crippen LogP contribution in [0.25, 0.3) is 0 Å². The van der Waals surface area contributed by atoms with E-state index in [4.69, 9.17) is 4.74 Å². The predicted molar refractivity (Wildman–Crippen MR) is 84.4 cm³/mol. The molecule has 0 atom stereocenters. The zero-order valence-corrected chi connectivity index (χ0v) is 13.0. The van der Waals surface area contributed by atoms with E-state index in [1.54, 1.807) is 0 Å². The molecular weight excluding hydrogens is 252 g/mol. The van der Waals surface area contributed by atoms with Gasteiger partial charge < -0.3 is 15.4 Å². The molecule has 0 unspecified atom stereocenters. The molecule has 0 saturated heterocycles. The fourth-order valence-electron chi connectivity index (χ4n) is 1.79. The van der Waals surface area contributed by atoms with Gasteiger partial charge in [0.2, 0.25) is 0 Å². The molecule has 0 amide bonds. The lowest BCUT2D eigenvalue weighted by Gasteiger charge is -2.09. The Balaban J connectivity index is 2.33. The van der Waals surface area contributed by atoms with Crippen molar-refractivity contribution in [2.24, 2.45) is 0 Å². The summed E-state index contributed by atoms with van der Waals surface area (Å²) in [7, 11) is 1.88. The molecule has 5 nitrogen and oxygen atoms in total. The van der Waals surface area contributed by atoms with Gasteiger partial charge in [0.15, 0.2) is 0 Å². The highest BCUT2D eigenvalue weighted by atomic mass is 16.5. The van der Waals surface area contributed by atoms with Crippen LogP contribution >= 0.6 is 0 Å². The summed E-state index contributed by atoms with van der Waals surface area (Å²) in [5.74, 6) is 2.65. The Morgan fingerprint density at radius 2 is 1.80 bits per heavy atom. The van der Waals surface area contributed by atoms with Gasteiger partial charge in [-0.1, -0.05) is 20.3 Å². The second-order valence-electron chi connectivity index (χ2n) is 4.80. The minimum Gasteiger partial charge on any atom is -0.381 e. The van der Waals surface area contributed by atoms with Crippen LogP contribution in [0.2, 0.25) is 0 Å². The van der Waals surface area contributed by atoms with E-state index in [2.05, 4.69) is 34.4 Å². The quantitative estimate of drug-likeness (QED) is 0.610. The highest BCUT2D eigenvalue weighted by Gasteiger charge is 2.02. The topological polar surface area (TPSA) is 59.1 Å². The lowest BCUT2D eigenvalue weighted by Crippen LogP contribution is -2.10. The standard InChI is InChI=1S/C15H28N4O/c1-4-6-10-20-11-7-9-17-15-12-14(16-3)18-13(19-15)8-5-2/h12H,4-11H2,1-3H3,(H2,16,17,18,19). The molecule has 0 bridgehead atoms. The maximum Gasteiger partial charge on any atom is 0.133 e. The second-order valence-corrected chi connectivity index (χ2v) is 4.80. The fourth-order valence-corrected chi connectivity index (χ4v) is 1.79. The summed E-state index contributed by atoms with van der Waals surface area (Å²) in [6.07, 6.45) is 5.28. The maximum absolute atomic E-state index is 5.53. The van der Waals surface area contributed by atoms with Crippen molar-refractivity contribution in [1.29, 1.82) is 0 Å². The zero-order chi connectivity index (χ0) is 14.6. The number of hydrogen-bond acceptors (Lipinski definition) is 5. The van der Waals surface area contributed by atoms with Crippen LogP contribution in [0.5, 0.6) is 0 Å². The first-order valence-electron chi connectivity index (χ1n) is 7.67. The first-order valence-corrected chi connectivity index (χ1v) is 7.67. The molecule has 5 heteroatoms. The highest BCUT2D eigenvalue weighted by Crippen LogP contribution is 2.11. The van der Waals surface area contributed by atoms with Crippen molar-refractivity contribution >= 4 is 11.6 Å². The van der Waals surface area contributed by atoms with Crippen LogP contribution in [0, 0.1) is 0 Å².